The molecular weight excluding hydrogens is 286 g/mol. The van der Waals surface area contributed by atoms with Crippen molar-refractivity contribution in [2.45, 2.75) is 19.6 Å². The van der Waals surface area contributed by atoms with E-state index in [-0.39, 0.29) is 0 Å². The Kier molecular flexibility index (Phi) is 5.68. The van der Waals surface area contributed by atoms with Gasteiger partial charge in [0.25, 0.3) is 0 Å². The van der Waals surface area contributed by atoms with Gasteiger partial charge in [-0.1, -0.05) is 0 Å². The van der Waals surface area contributed by atoms with E-state index in [2.05, 4.69) is 26.3 Å². The van der Waals surface area contributed by atoms with Crippen LogP contribution in [0.5, 0.6) is 0 Å². The summed E-state index contributed by atoms with van der Waals surface area (Å²) in [5.74, 6) is 0. The molecule has 0 spiro atoms. The average Bonchev–Trinajstić information content (AvgIpc) is 2.05. The second-order valence-corrected chi connectivity index (χ2v) is 15.8. The van der Waals surface area contributed by atoms with Gasteiger partial charge in [-0.15, -0.1) is 0 Å². The zero-order chi connectivity index (χ0) is 11.1. The molecule has 0 radical (unpaired) electrons. The third-order valence-electron chi connectivity index (χ3n) is 1.66. The van der Waals surface area contributed by atoms with E-state index in [9.17, 15) is 0 Å². The standard InChI is InChI=1S/4C3H5.ClH.Pd/c4*1-3-2;;/h4*3H,1-2H2;1H;/q;;;;;+1/p-1. The number of rotatable bonds is 8. The molecule has 0 unspecified atom stereocenters. The predicted octanol–water partition coefficient (Wildman–Crippen LogP) is 5.25. The molecule has 0 aliphatic rings. The molecule has 0 heterocycles. The summed E-state index contributed by atoms with van der Waals surface area (Å²) in [6.45, 7) is 15.2. The summed E-state index contributed by atoms with van der Waals surface area (Å²) >= 11 is -2.64. The van der Waals surface area contributed by atoms with Gasteiger partial charge in [0.2, 0.25) is 0 Å². The molecule has 0 saturated carbocycles. The van der Waals surface area contributed by atoms with Crippen LogP contribution in [0.15, 0.2) is 50.6 Å². The summed E-state index contributed by atoms with van der Waals surface area (Å²) in [4.78, 5) is 3.56. The zero-order valence-electron chi connectivity index (χ0n) is 8.66. The summed E-state index contributed by atoms with van der Waals surface area (Å²) < 4.78 is 0. The van der Waals surface area contributed by atoms with E-state index in [1.165, 1.54) is 0 Å². The SMILES string of the molecule is C=C[CH2][Pd]([Cl])([CH2]C=C)([CH2]C=C)[CH2]C=C. The van der Waals surface area contributed by atoms with Crippen LogP contribution in [-0.2, 0) is 13.3 Å². The Balaban J connectivity index is 5.05. The van der Waals surface area contributed by atoms with Crippen LogP contribution >= 0.6 is 9.53 Å². The molecule has 85 valence electrons. The third kappa shape index (κ3) is 3.58. The molecule has 2 heteroatoms. The van der Waals surface area contributed by atoms with E-state index in [4.69, 9.17) is 9.53 Å². The molecule has 0 fully saturated rings. The summed E-state index contributed by atoms with van der Waals surface area (Å²) in [5, 5.41) is 0. The third-order valence-corrected chi connectivity index (χ3v) is 12.1. The maximum absolute atomic E-state index is 6.87. The second-order valence-electron chi connectivity index (χ2n) is 2.96. The van der Waals surface area contributed by atoms with E-state index < -0.39 is 13.3 Å². The van der Waals surface area contributed by atoms with Gasteiger partial charge in [-0.3, -0.25) is 0 Å². The molecule has 0 saturated heterocycles. The molecule has 0 aromatic heterocycles. The van der Waals surface area contributed by atoms with Crippen molar-refractivity contribution in [1.82, 2.24) is 0 Å². The van der Waals surface area contributed by atoms with Crippen molar-refractivity contribution in [3.8, 4) is 0 Å². The fourth-order valence-electron chi connectivity index (χ4n) is 1.23. The number of halogens is 1. The van der Waals surface area contributed by atoms with Gasteiger partial charge in [0.05, 0.1) is 0 Å². The Hall–Kier alpha value is -0.0877. The van der Waals surface area contributed by atoms with Crippen molar-refractivity contribution < 1.29 is 13.3 Å². The zero-order valence-corrected chi connectivity index (χ0v) is 11.0. The van der Waals surface area contributed by atoms with Crippen LogP contribution in [0.2, 0.25) is 19.6 Å². The topological polar surface area (TPSA) is 0 Å². The van der Waals surface area contributed by atoms with Gasteiger partial charge in [-0.25, -0.2) is 0 Å². The molecule has 0 aromatic rings. The van der Waals surface area contributed by atoms with Crippen molar-refractivity contribution in [3.63, 3.8) is 0 Å². The molecule has 0 atom stereocenters. The summed E-state index contributed by atoms with van der Waals surface area (Å²) in [5.41, 5.74) is 0. The fourth-order valence-corrected chi connectivity index (χ4v) is 8.90. The molecule has 0 aromatic carbocycles. The van der Waals surface area contributed by atoms with Crippen molar-refractivity contribution in [2.75, 3.05) is 0 Å². The van der Waals surface area contributed by atoms with E-state index in [0.717, 1.165) is 19.6 Å². The molecule has 0 N–H and O–H groups in total. The summed E-state index contributed by atoms with van der Waals surface area (Å²) in [6, 6.07) is 0. The van der Waals surface area contributed by atoms with Crippen LogP contribution in [-0.4, -0.2) is 0 Å². The maximum atomic E-state index is 6.87. The van der Waals surface area contributed by atoms with Crippen molar-refractivity contribution in [3.05, 3.63) is 50.6 Å². The van der Waals surface area contributed by atoms with E-state index >= 15 is 0 Å². The van der Waals surface area contributed by atoms with Crippen LogP contribution in [0.3, 0.4) is 0 Å². The Labute approximate surface area is 92.8 Å². The molecule has 0 bridgehead atoms. The van der Waals surface area contributed by atoms with E-state index in [1.54, 1.807) is 0 Å². The van der Waals surface area contributed by atoms with Gasteiger partial charge in [0.15, 0.2) is 0 Å². The van der Waals surface area contributed by atoms with Crippen LogP contribution < -0.4 is 0 Å². The van der Waals surface area contributed by atoms with Crippen LogP contribution in [0.1, 0.15) is 0 Å². The first kappa shape index (κ1) is 13.9. The molecule has 0 nitrogen and oxygen atoms in total. The monoisotopic (exact) mass is 305 g/mol. The molecule has 14 heavy (non-hydrogen) atoms. The number of hydrogen-bond donors (Lipinski definition) is 0. The van der Waals surface area contributed by atoms with E-state index in [1.807, 2.05) is 24.3 Å². The Morgan fingerprint density at radius 2 is 0.929 bits per heavy atom. The van der Waals surface area contributed by atoms with Crippen LogP contribution in [0.25, 0.3) is 0 Å². The Bertz CT molecular complexity index is 191. The van der Waals surface area contributed by atoms with Crippen molar-refractivity contribution >= 4 is 9.53 Å². The van der Waals surface area contributed by atoms with Crippen molar-refractivity contribution in [2.24, 2.45) is 0 Å². The normalized spacial score (nSPS) is 13.6. The van der Waals surface area contributed by atoms with Gasteiger partial charge in [-0.2, -0.15) is 0 Å². The molecule has 0 amide bonds. The number of allylic oxidation sites excluding steroid dienone is 4. The quantitative estimate of drug-likeness (QED) is 0.424. The first-order valence-corrected chi connectivity index (χ1v) is 10.7. The minimum absolute atomic E-state index is 0.889. The molecule has 0 rings (SSSR count). The van der Waals surface area contributed by atoms with Gasteiger partial charge in [0, 0.05) is 0 Å². The first-order valence-electron chi connectivity index (χ1n) is 4.28. The Morgan fingerprint density at radius 1 is 0.714 bits per heavy atom. The fraction of sp³-hybridized carbons (Fsp3) is 0.333. The summed E-state index contributed by atoms with van der Waals surface area (Å²) in [6.07, 6.45) is 7.67. The average molecular weight is 306 g/mol. The Morgan fingerprint density at radius 3 is 1.07 bits per heavy atom. The molecule has 0 aliphatic heterocycles. The second kappa shape index (κ2) is 5.71. The van der Waals surface area contributed by atoms with Gasteiger partial charge in [0.1, 0.15) is 0 Å². The van der Waals surface area contributed by atoms with Gasteiger partial charge in [-0.05, 0) is 0 Å². The first-order chi connectivity index (χ1) is 6.54. The van der Waals surface area contributed by atoms with Gasteiger partial charge < -0.3 is 0 Å². The number of hydrogen-bond acceptors (Lipinski definition) is 0. The minimum atomic E-state index is -2.64. The van der Waals surface area contributed by atoms with Crippen LogP contribution in [0.4, 0.5) is 0 Å². The predicted molar refractivity (Wildman–Crippen MR) is 65.9 cm³/mol. The van der Waals surface area contributed by atoms with Crippen LogP contribution in [0, 0.1) is 0 Å². The molecular formula is C12H20ClPd. The summed E-state index contributed by atoms with van der Waals surface area (Å²) in [7, 11) is 6.87. The molecule has 0 aliphatic carbocycles. The van der Waals surface area contributed by atoms with Gasteiger partial charge >= 0.3 is 93.0 Å². The van der Waals surface area contributed by atoms with Crippen molar-refractivity contribution in [1.29, 1.82) is 0 Å². The van der Waals surface area contributed by atoms with E-state index in [0.29, 0.717) is 0 Å².